The minimum atomic E-state index is -0.391. The van der Waals surface area contributed by atoms with Gasteiger partial charge in [0.15, 0.2) is 6.29 Å². The Hall–Kier alpha value is -0.870. The molecule has 0 bridgehead atoms. The Morgan fingerprint density at radius 1 is 1.46 bits per heavy atom. The van der Waals surface area contributed by atoms with Crippen LogP contribution in [0, 0.1) is 5.82 Å². The molecule has 0 radical (unpaired) electrons. The molecule has 2 aromatic rings. The van der Waals surface area contributed by atoms with Crippen molar-refractivity contribution in [2.24, 2.45) is 0 Å². The summed E-state index contributed by atoms with van der Waals surface area (Å²) < 4.78 is 13.9. The molecule has 0 spiro atoms. The Kier molecular flexibility index (Phi) is 2.09. The van der Waals surface area contributed by atoms with Gasteiger partial charge in [0.25, 0.3) is 0 Å². The number of hydrogen-bond acceptors (Lipinski definition) is 3. The molecule has 0 N–H and O–H groups in total. The first-order valence-electron chi connectivity index (χ1n) is 3.57. The first-order chi connectivity index (χ1) is 6.22. The highest BCUT2D eigenvalue weighted by Gasteiger charge is 2.06. The Morgan fingerprint density at radius 2 is 2.23 bits per heavy atom. The third kappa shape index (κ3) is 1.36. The maximum absolute atomic E-state index is 13.1. The van der Waals surface area contributed by atoms with Gasteiger partial charge in [-0.25, -0.2) is 4.39 Å². The van der Waals surface area contributed by atoms with Gasteiger partial charge in [0, 0.05) is 25.9 Å². The van der Waals surface area contributed by atoms with Gasteiger partial charge in [0.05, 0.1) is 0 Å². The second-order valence-corrected chi connectivity index (χ2v) is 4.00. The normalized spacial score (nSPS) is 10.6. The van der Waals surface area contributed by atoms with Gasteiger partial charge in [-0.15, -0.1) is 24.0 Å². The number of thiol groups is 1. The molecule has 0 saturated carbocycles. The Bertz CT molecular complexity index is 476. The van der Waals surface area contributed by atoms with Crippen molar-refractivity contribution < 1.29 is 9.18 Å². The fraction of sp³-hybridized carbons (Fsp3) is 0. The van der Waals surface area contributed by atoms with Crippen molar-refractivity contribution in [3.05, 3.63) is 28.9 Å². The molecule has 4 heteroatoms. The van der Waals surface area contributed by atoms with Gasteiger partial charge in [-0.1, -0.05) is 0 Å². The topological polar surface area (TPSA) is 17.1 Å². The van der Waals surface area contributed by atoms with Crippen LogP contribution in [0.1, 0.15) is 10.4 Å². The molecule has 0 atom stereocenters. The molecule has 0 aliphatic rings. The first-order valence-corrected chi connectivity index (χ1v) is 4.90. The van der Waals surface area contributed by atoms with E-state index in [0.717, 1.165) is 11.0 Å². The number of aldehydes is 1. The number of fused-ring (bicyclic) bond motifs is 1. The number of carbonyl (C=O) groups is 1. The summed E-state index contributed by atoms with van der Waals surface area (Å²) in [6.07, 6.45) is 0.733. The quantitative estimate of drug-likeness (QED) is 0.567. The third-order valence-corrected chi connectivity index (χ3v) is 3.11. The molecule has 0 aliphatic heterocycles. The van der Waals surface area contributed by atoms with E-state index in [1.807, 2.05) is 0 Å². The van der Waals surface area contributed by atoms with Gasteiger partial charge in [-0.05, 0) is 12.1 Å². The average Bonchev–Trinajstić information content (AvgIpc) is 2.48. The Balaban J connectivity index is 2.84. The predicted molar refractivity (Wildman–Crippen MR) is 54.4 cm³/mol. The number of carbonyl (C=O) groups excluding carboxylic acids is 1. The lowest BCUT2D eigenvalue weighted by molar-refractivity contribution is 0.112. The minimum Gasteiger partial charge on any atom is -0.298 e. The van der Waals surface area contributed by atoms with Crippen LogP contribution in [0.5, 0.6) is 0 Å². The number of benzene rings is 1. The van der Waals surface area contributed by atoms with E-state index in [-0.39, 0.29) is 0 Å². The monoisotopic (exact) mass is 212 g/mol. The van der Waals surface area contributed by atoms with Crippen LogP contribution >= 0.6 is 24.0 Å². The first kappa shape index (κ1) is 8.72. The van der Waals surface area contributed by atoms with Crippen molar-refractivity contribution in [1.82, 2.24) is 0 Å². The molecule has 1 heterocycles. The smallest absolute Gasteiger partial charge is 0.151 e. The molecular weight excluding hydrogens is 207 g/mol. The summed E-state index contributed by atoms with van der Waals surface area (Å²) in [7, 11) is 0. The molecule has 1 nitrogen and oxygen atoms in total. The van der Waals surface area contributed by atoms with Crippen LogP contribution in [0.2, 0.25) is 0 Å². The second-order valence-electron chi connectivity index (χ2n) is 2.61. The third-order valence-electron chi connectivity index (χ3n) is 1.80. The van der Waals surface area contributed by atoms with Gasteiger partial charge >= 0.3 is 0 Å². The zero-order valence-corrected chi connectivity index (χ0v) is 8.16. The highest BCUT2D eigenvalue weighted by molar-refractivity contribution is 7.80. The van der Waals surface area contributed by atoms with Crippen LogP contribution in [0.4, 0.5) is 4.39 Å². The van der Waals surface area contributed by atoms with Crippen LogP contribution in [0.25, 0.3) is 10.1 Å². The van der Waals surface area contributed by atoms with E-state index >= 15 is 0 Å². The number of thiophene rings is 1. The summed E-state index contributed by atoms with van der Waals surface area (Å²) in [6.45, 7) is 0. The van der Waals surface area contributed by atoms with Gasteiger partial charge in [-0.2, -0.15) is 0 Å². The zero-order valence-electron chi connectivity index (χ0n) is 6.45. The largest absolute Gasteiger partial charge is 0.298 e. The number of halogens is 1. The van der Waals surface area contributed by atoms with Gasteiger partial charge in [0.2, 0.25) is 0 Å². The van der Waals surface area contributed by atoms with Gasteiger partial charge < -0.3 is 0 Å². The number of rotatable bonds is 1. The van der Waals surface area contributed by atoms with Crippen LogP contribution < -0.4 is 0 Å². The number of hydrogen-bond donors (Lipinski definition) is 1. The van der Waals surface area contributed by atoms with Crippen molar-refractivity contribution >= 4 is 40.3 Å². The highest BCUT2D eigenvalue weighted by atomic mass is 32.1. The Labute approximate surface area is 83.6 Å². The lowest BCUT2D eigenvalue weighted by Crippen LogP contribution is -1.79. The lowest BCUT2D eigenvalue weighted by Gasteiger charge is -1.95. The summed E-state index contributed by atoms with van der Waals surface area (Å²) in [6, 6.07) is 2.98. The predicted octanol–water partition coefficient (Wildman–Crippen LogP) is 3.14. The summed E-state index contributed by atoms with van der Waals surface area (Å²) in [5.41, 5.74) is 0.534. The van der Waals surface area contributed by atoms with Crippen molar-refractivity contribution in [2.75, 3.05) is 0 Å². The van der Waals surface area contributed by atoms with Crippen molar-refractivity contribution in [3.8, 4) is 0 Å². The molecule has 2 rings (SSSR count). The Morgan fingerprint density at radius 3 is 2.92 bits per heavy atom. The van der Waals surface area contributed by atoms with Crippen LogP contribution in [-0.4, -0.2) is 6.29 Å². The van der Waals surface area contributed by atoms with Crippen molar-refractivity contribution in [1.29, 1.82) is 0 Å². The van der Waals surface area contributed by atoms with E-state index in [2.05, 4.69) is 12.6 Å². The highest BCUT2D eigenvalue weighted by Crippen LogP contribution is 2.28. The molecule has 66 valence electrons. The fourth-order valence-electron chi connectivity index (χ4n) is 1.15. The molecule has 0 unspecified atom stereocenters. The molecule has 1 aromatic heterocycles. The molecule has 1 aromatic carbocycles. The molecular formula is C9H5FOS2. The van der Waals surface area contributed by atoms with Crippen LogP contribution in [0.3, 0.4) is 0 Å². The van der Waals surface area contributed by atoms with E-state index in [0.29, 0.717) is 15.8 Å². The maximum Gasteiger partial charge on any atom is 0.151 e. The van der Waals surface area contributed by atoms with E-state index in [1.54, 1.807) is 11.4 Å². The molecule has 0 amide bonds. The van der Waals surface area contributed by atoms with Crippen molar-refractivity contribution in [3.63, 3.8) is 0 Å². The van der Waals surface area contributed by atoms with Gasteiger partial charge in [0.1, 0.15) is 5.82 Å². The molecule has 0 saturated heterocycles. The van der Waals surface area contributed by atoms with Crippen molar-refractivity contribution in [2.45, 2.75) is 4.90 Å². The summed E-state index contributed by atoms with van der Waals surface area (Å²) >= 11 is 5.37. The summed E-state index contributed by atoms with van der Waals surface area (Å²) in [4.78, 5) is 10.9. The molecule has 0 aliphatic carbocycles. The fourth-order valence-corrected chi connectivity index (χ4v) is 2.35. The average molecular weight is 212 g/mol. The SMILES string of the molecule is O=Cc1csc2cc(S)c(F)cc12. The van der Waals surface area contributed by atoms with Crippen LogP contribution in [0.15, 0.2) is 22.4 Å². The van der Waals surface area contributed by atoms with Gasteiger partial charge in [-0.3, -0.25) is 4.79 Å². The lowest BCUT2D eigenvalue weighted by atomic mass is 10.2. The summed E-state index contributed by atoms with van der Waals surface area (Å²) in [5, 5.41) is 2.37. The molecule has 13 heavy (non-hydrogen) atoms. The van der Waals surface area contributed by atoms with E-state index < -0.39 is 5.82 Å². The molecule has 0 fully saturated rings. The van der Waals surface area contributed by atoms with E-state index in [9.17, 15) is 9.18 Å². The summed E-state index contributed by atoms with van der Waals surface area (Å²) in [5.74, 6) is -0.391. The van der Waals surface area contributed by atoms with E-state index in [1.165, 1.54) is 17.4 Å². The van der Waals surface area contributed by atoms with Crippen LogP contribution in [-0.2, 0) is 0 Å². The van der Waals surface area contributed by atoms with E-state index in [4.69, 9.17) is 0 Å². The maximum atomic E-state index is 13.1. The standard InChI is InChI=1S/C9H5FOS2/c10-7-1-6-5(3-11)4-13-9(6)2-8(7)12/h1-4,12H. The zero-order chi connectivity index (χ0) is 9.42. The second kappa shape index (κ2) is 3.12. The minimum absolute atomic E-state index is 0.312.